The zero-order valence-electron chi connectivity index (χ0n) is 8.66. The van der Waals surface area contributed by atoms with Gasteiger partial charge in [-0.3, -0.25) is 4.90 Å². The standard InChI is InChI=1S/C10H18N4/c1-9(14-6-2-3-7-14)8-13-10-11-4-5-12-10/h4-5,9H,2-3,6-8H2,1H3,(H2,11,12,13). The second-order valence-electron chi connectivity index (χ2n) is 3.91. The minimum absolute atomic E-state index is 0.600. The molecule has 78 valence electrons. The number of rotatable bonds is 4. The van der Waals surface area contributed by atoms with Crippen LogP contribution in [0.3, 0.4) is 0 Å². The molecule has 0 radical (unpaired) electrons. The molecule has 0 aliphatic carbocycles. The molecule has 4 nitrogen and oxygen atoms in total. The van der Waals surface area contributed by atoms with Crippen molar-refractivity contribution in [3.05, 3.63) is 12.4 Å². The van der Waals surface area contributed by atoms with Crippen molar-refractivity contribution in [1.82, 2.24) is 14.9 Å². The van der Waals surface area contributed by atoms with Crippen LogP contribution in [0.2, 0.25) is 0 Å². The summed E-state index contributed by atoms with van der Waals surface area (Å²) >= 11 is 0. The summed E-state index contributed by atoms with van der Waals surface area (Å²) in [5.41, 5.74) is 0. The molecule has 0 bridgehead atoms. The summed E-state index contributed by atoms with van der Waals surface area (Å²) < 4.78 is 0. The van der Waals surface area contributed by atoms with E-state index in [2.05, 4.69) is 27.1 Å². The molecular weight excluding hydrogens is 176 g/mol. The molecule has 1 unspecified atom stereocenters. The van der Waals surface area contributed by atoms with Gasteiger partial charge >= 0.3 is 0 Å². The van der Waals surface area contributed by atoms with Gasteiger partial charge in [0.2, 0.25) is 0 Å². The number of H-pyrrole nitrogens is 1. The average Bonchev–Trinajstić information content (AvgIpc) is 2.87. The third-order valence-electron chi connectivity index (χ3n) is 2.83. The van der Waals surface area contributed by atoms with Gasteiger partial charge in [-0.15, -0.1) is 0 Å². The number of anilines is 1. The van der Waals surface area contributed by atoms with E-state index >= 15 is 0 Å². The number of nitrogens with zero attached hydrogens (tertiary/aromatic N) is 2. The zero-order valence-corrected chi connectivity index (χ0v) is 8.66. The maximum Gasteiger partial charge on any atom is 0.200 e. The van der Waals surface area contributed by atoms with Crippen LogP contribution in [-0.2, 0) is 0 Å². The molecule has 4 heteroatoms. The third-order valence-corrected chi connectivity index (χ3v) is 2.83. The highest BCUT2D eigenvalue weighted by Crippen LogP contribution is 2.11. The Hall–Kier alpha value is -1.03. The molecule has 1 aliphatic heterocycles. The van der Waals surface area contributed by atoms with Crippen LogP contribution in [0.5, 0.6) is 0 Å². The lowest BCUT2D eigenvalue weighted by molar-refractivity contribution is 0.269. The van der Waals surface area contributed by atoms with Crippen molar-refractivity contribution in [2.45, 2.75) is 25.8 Å². The van der Waals surface area contributed by atoms with Crippen LogP contribution in [0.4, 0.5) is 5.95 Å². The SMILES string of the molecule is CC(CNc1ncc[nH]1)N1CCCC1. The van der Waals surface area contributed by atoms with Gasteiger partial charge in [0.05, 0.1) is 0 Å². The Balaban J connectivity index is 1.74. The molecule has 14 heavy (non-hydrogen) atoms. The molecule has 0 saturated carbocycles. The van der Waals surface area contributed by atoms with Crippen molar-refractivity contribution in [1.29, 1.82) is 0 Å². The van der Waals surface area contributed by atoms with E-state index in [-0.39, 0.29) is 0 Å². The molecule has 1 aliphatic rings. The molecule has 0 spiro atoms. The van der Waals surface area contributed by atoms with Gasteiger partial charge in [-0.1, -0.05) is 0 Å². The summed E-state index contributed by atoms with van der Waals surface area (Å²) in [6.07, 6.45) is 6.31. The topological polar surface area (TPSA) is 44.0 Å². The van der Waals surface area contributed by atoms with Gasteiger partial charge in [-0.2, -0.15) is 0 Å². The second-order valence-corrected chi connectivity index (χ2v) is 3.91. The molecule has 0 aromatic carbocycles. The van der Waals surface area contributed by atoms with E-state index in [1.54, 1.807) is 6.20 Å². The van der Waals surface area contributed by atoms with Gasteiger partial charge in [-0.05, 0) is 32.9 Å². The van der Waals surface area contributed by atoms with Crippen LogP contribution in [0.25, 0.3) is 0 Å². The quantitative estimate of drug-likeness (QED) is 0.759. The fourth-order valence-electron chi connectivity index (χ4n) is 1.92. The summed E-state index contributed by atoms with van der Waals surface area (Å²) in [5, 5.41) is 3.29. The maximum absolute atomic E-state index is 4.13. The molecule has 2 N–H and O–H groups in total. The Morgan fingerprint density at radius 1 is 1.57 bits per heavy atom. The fraction of sp³-hybridized carbons (Fsp3) is 0.700. The van der Waals surface area contributed by atoms with Gasteiger partial charge < -0.3 is 10.3 Å². The van der Waals surface area contributed by atoms with Crippen molar-refractivity contribution >= 4 is 5.95 Å². The Morgan fingerprint density at radius 2 is 2.36 bits per heavy atom. The Labute approximate surface area is 84.7 Å². The minimum atomic E-state index is 0.600. The second kappa shape index (κ2) is 4.46. The van der Waals surface area contributed by atoms with Crippen molar-refractivity contribution in [3.63, 3.8) is 0 Å². The summed E-state index contributed by atoms with van der Waals surface area (Å²) in [6, 6.07) is 0.600. The van der Waals surface area contributed by atoms with E-state index in [4.69, 9.17) is 0 Å². The first kappa shape index (κ1) is 9.52. The van der Waals surface area contributed by atoms with Gasteiger partial charge in [-0.25, -0.2) is 4.98 Å². The fourth-order valence-corrected chi connectivity index (χ4v) is 1.92. The van der Waals surface area contributed by atoms with Crippen LogP contribution < -0.4 is 5.32 Å². The highest BCUT2D eigenvalue weighted by atomic mass is 15.2. The van der Waals surface area contributed by atoms with Crippen LogP contribution in [0, 0.1) is 0 Å². The monoisotopic (exact) mass is 194 g/mol. The van der Waals surface area contributed by atoms with Crippen LogP contribution in [0.1, 0.15) is 19.8 Å². The first-order valence-corrected chi connectivity index (χ1v) is 5.33. The summed E-state index contributed by atoms with van der Waals surface area (Å²) in [4.78, 5) is 9.70. The van der Waals surface area contributed by atoms with E-state index in [0.29, 0.717) is 6.04 Å². The first-order valence-electron chi connectivity index (χ1n) is 5.33. The zero-order chi connectivity index (χ0) is 9.80. The third kappa shape index (κ3) is 2.26. The molecule has 1 atom stereocenters. The van der Waals surface area contributed by atoms with Crippen molar-refractivity contribution < 1.29 is 0 Å². The summed E-state index contributed by atoms with van der Waals surface area (Å²) in [5.74, 6) is 0.871. The number of likely N-dealkylation sites (tertiary alicyclic amines) is 1. The Bertz CT molecular complexity index is 251. The number of nitrogens with one attached hydrogen (secondary N) is 2. The van der Waals surface area contributed by atoms with E-state index in [1.807, 2.05) is 6.20 Å². The molecular formula is C10H18N4. The number of aromatic amines is 1. The lowest BCUT2D eigenvalue weighted by Crippen LogP contribution is -2.35. The average molecular weight is 194 g/mol. The van der Waals surface area contributed by atoms with Crippen molar-refractivity contribution in [2.24, 2.45) is 0 Å². The maximum atomic E-state index is 4.13. The predicted molar refractivity (Wildman–Crippen MR) is 57.3 cm³/mol. The number of hydrogen-bond donors (Lipinski definition) is 2. The predicted octanol–water partition coefficient (Wildman–Crippen LogP) is 1.31. The molecule has 0 amide bonds. The molecule has 1 aromatic rings. The van der Waals surface area contributed by atoms with E-state index in [1.165, 1.54) is 25.9 Å². The highest BCUT2D eigenvalue weighted by Gasteiger charge is 2.17. The Kier molecular flexibility index (Phi) is 3.03. The normalized spacial score (nSPS) is 19.8. The first-order chi connectivity index (χ1) is 6.86. The van der Waals surface area contributed by atoms with Crippen LogP contribution in [-0.4, -0.2) is 40.5 Å². The summed E-state index contributed by atoms with van der Waals surface area (Å²) in [7, 11) is 0. The highest BCUT2D eigenvalue weighted by molar-refractivity contribution is 5.22. The smallest absolute Gasteiger partial charge is 0.200 e. The van der Waals surface area contributed by atoms with E-state index in [0.717, 1.165) is 12.5 Å². The molecule has 1 saturated heterocycles. The van der Waals surface area contributed by atoms with Gasteiger partial charge in [0.25, 0.3) is 0 Å². The van der Waals surface area contributed by atoms with Gasteiger partial charge in [0.1, 0.15) is 0 Å². The molecule has 2 rings (SSSR count). The number of imidazole rings is 1. The van der Waals surface area contributed by atoms with Crippen molar-refractivity contribution in [3.8, 4) is 0 Å². The molecule has 1 fully saturated rings. The van der Waals surface area contributed by atoms with E-state index < -0.39 is 0 Å². The Morgan fingerprint density at radius 3 is 3.00 bits per heavy atom. The minimum Gasteiger partial charge on any atom is -0.354 e. The van der Waals surface area contributed by atoms with Gasteiger partial charge in [0, 0.05) is 25.0 Å². The largest absolute Gasteiger partial charge is 0.354 e. The lowest BCUT2D eigenvalue weighted by atomic mass is 10.3. The molecule has 1 aromatic heterocycles. The van der Waals surface area contributed by atoms with Crippen LogP contribution >= 0.6 is 0 Å². The number of aromatic nitrogens is 2. The summed E-state index contributed by atoms with van der Waals surface area (Å²) in [6.45, 7) is 5.73. The van der Waals surface area contributed by atoms with Crippen molar-refractivity contribution in [2.75, 3.05) is 25.0 Å². The van der Waals surface area contributed by atoms with E-state index in [9.17, 15) is 0 Å². The number of hydrogen-bond acceptors (Lipinski definition) is 3. The lowest BCUT2D eigenvalue weighted by Gasteiger charge is -2.23. The molecule has 2 heterocycles. The van der Waals surface area contributed by atoms with Gasteiger partial charge in [0.15, 0.2) is 5.95 Å². The van der Waals surface area contributed by atoms with Crippen LogP contribution in [0.15, 0.2) is 12.4 Å².